The second kappa shape index (κ2) is 17.5. The molecule has 2 aromatic heterocycles. The van der Waals surface area contributed by atoms with Crippen molar-refractivity contribution in [1.29, 1.82) is 0 Å². The van der Waals surface area contributed by atoms with Crippen molar-refractivity contribution < 1.29 is 41.9 Å². The van der Waals surface area contributed by atoms with Crippen molar-refractivity contribution in [3.8, 4) is 16.3 Å². The normalized spacial score (nSPS) is 20.4. The Bertz CT molecular complexity index is 2130. The number of hydrogen-bond donors (Lipinski definition) is 4. The van der Waals surface area contributed by atoms with Gasteiger partial charge < -0.3 is 30.3 Å². The predicted octanol–water partition coefficient (Wildman–Crippen LogP) is 3.96. The monoisotopic (exact) mass is 820 g/mol. The van der Waals surface area contributed by atoms with Crippen LogP contribution in [0.5, 0.6) is 5.88 Å². The molecule has 3 aromatic rings. The van der Waals surface area contributed by atoms with Crippen LogP contribution in [0, 0.1) is 5.92 Å². The molecule has 5 amide bonds. The fraction of sp³-hybridized carbons (Fsp3) is 0.450. The third kappa shape index (κ3) is 9.64. The Balaban J connectivity index is 1.31. The van der Waals surface area contributed by atoms with Crippen molar-refractivity contribution in [2.45, 2.75) is 93.9 Å². The number of nitrogens with zero attached hydrogens (tertiary/aromatic N) is 2. The standard InChI is InChI=1S/C40H48N6O9S2/c1-5-24(3)40(4,38(50)45-57(52,53)29-15-16-29)44-35(48)32-21-28(54-36-30-20-26(33-12-9-19-56-33)14-13-25(30)17-18-41-36)23-46(32)37(49)31(22-42-34(47)6-2)43-39(51)55-27-10-7-8-11-27/h5-6,9,12-14,17-20,24,27-29,31-32H,1-2,7-8,10-11,15-16,21-23H2,3-4H3,(H,42,47)(H,43,51)(H,44,48)(H,45,50)/t24?,28-,31+,32+,40-/m1/s1. The van der Waals surface area contributed by atoms with E-state index in [0.717, 1.165) is 34.7 Å². The van der Waals surface area contributed by atoms with Gasteiger partial charge in [0.25, 0.3) is 5.91 Å². The minimum atomic E-state index is -3.99. The number of carbonyl (C=O) groups is 5. The second-order valence-electron chi connectivity index (χ2n) is 14.9. The van der Waals surface area contributed by atoms with E-state index < -0.39 is 74.6 Å². The van der Waals surface area contributed by atoms with Gasteiger partial charge in [-0.15, -0.1) is 17.9 Å². The Morgan fingerprint density at radius 1 is 1.07 bits per heavy atom. The van der Waals surface area contributed by atoms with E-state index in [1.807, 2.05) is 41.8 Å². The van der Waals surface area contributed by atoms with Crippen LogP contribution in [-0.2, 0) is 33.9 Å². The van der Waals surface area contributed by atoms with Crippen LogP contribution in [0.1, 0.15) is 58.8 Å². The fourth-order valence-electron chi connectivity index (χ4n) is 7.02. The van der Waals surface area contributed by atoms with E-state index in [1.54, 1.807) is 24.5 Å². The number of hydrogen-bond acceptors (Lipinski definition) is 11. The van der Waals surface area contributed by atoms with E-state index in [2.05, 4.69) is 38.8 Å². The van der Waals surface area contributed by atoms with Gasteiger partial charge in [-0.3, -0.25) is 23.9 Å². The number of sulfonamides is 1. The molecule has 0 spiro atoms. The molecular formula is C40H48N6O9S2. The van der Waals surface area contributed by atoms with Crippen LogP contribution in [0.25, 0.3) is 21.2 Å². The van der Waals surface area contributed by atoms with Crippen LogP contribution < -0.4 is 25.4 Å². The minimum Gasteiger partial charge on any atom is -0.472 e. The van der Waals surface area contributed by atoms with Gasteiger partial charge in [-0.25, -0.2) is 18.2 Å². The van der Waals surface area contributed by atoms with Crippen LogP contribution in [0.2, 0.25) is 0 Å². The van der Waals surface area contributed by atoms with E-state index in [1.165, 1.54) is 17.9 Å². The Labute approximate surface area is 335 Å². The smallest absolute Gasteiger partial charge is 0.408 e. The highest BCUT2D eigenvalue weighted by Crippen LogP contribution is 2.34. The summed E-state index contributed by atoms with van der Waals surface area (Å²) >= 11 is 1.58. The van der Waals surface area contributed by atoms with Crippen LogP contribution in [0.4, 0.5) is 4.79 Å². The molecule has 0 radical (unpaired) electrons. The second-order valence-corrected chi connectivity index (χ2v) is 17.8. The van der Waals surface area contributed by atoms with Gasteiger partial charge in [0.1, 0.15) is 29.8 Å². The molecule has 1 aliphatic heterocycles. The molecule has 17 heteroatoms. The molecule has 2 saturated carbocycles. The Morgan fingerprint density at radius 3 is 2.49 bits per heavy atom. The zero-order valence-electron chi connectivity index (χ0n) is 31.9. The number of thiophene rings is 1. The summed E-state index contributed by atoms with van der Waals surface area (Å²) in [5, 5.41) is 10.7. The number of rotatable bonds is 16. The SMILES string of the molecule is C=CC(=O)NC[C@H](NC(=O)OC1CCCC1)C(=O)N1C[C@H](Oc2nccc3ccc(-c4cccs4)cc23)C[C@H]1C(=O)N[C@@](C)(C(=O)NS(=O)(=O)C1CC1)C(C)C=C. The predicted molar refractivity (Wildman–Crippen MR) is 214 cm³/mol. The average Bonchev–Trinajstić information content (AvgIpc) is 3.51. The first-order valence-corrected chi connectivity index (χ1v) is 21.4. The van der Waals surface area contributed by atoms with Crippen LogP contribution in [-0.4, -0.2) is 96.2 Å². The van der Waals surface area contributed by atoms with Gasteiger partial charge in [0.15, 0.2) is 0 Å². The number of pyridine rings is 1. The first kappa shape index (κ1) is 41.3. The summed E-state index contributed by atoms with van der Waals surface area (Å²) < 4.78 is 39.8. The highest BCUT2D eigenvalue weighted by molar-refractivity contribution is 7.91. The summed E-state index contributed by atoms with van der Waals surface area (Å²) in [4.78, 5) is 74.8. The molecule has 1 unspecified atom stereocenters. The molecule has 15 nitrogen and oxygen atoms in total. The summed E-state index contributed by atoms with van der Waals surface area (Å²) in [5.74, 6) is -3.56. The number of fused-ring (bicyclic) bond motifs is 1. The number of likely N-dealkylation sites (tertiary alicyclic amines) is 1. The van der Waals surface area contributed by atoms with Crippen LogP contribution >= 0.6 is 11.3 Å². The molecule has 57 heavy (non-hydrogen) atoms. The molecule has 2 aliphatic carbocycles. The highest BCUT2D eigenvalue weighted by Gasteiger charge is 2.49. The Hall–Kier alpha value is -5.29. The number of nitrogens with one attached hydrogen (secondary N) is 4. The molecule has 5 atom stereocenters. The summed E-state index contributed by atoms with van der Waals surface area (Å²) in [7, 11) is -3.99. The molecule has 1 saturated heterocycles. The lowest BCUT2D eigenvalue weighted by molar-refractivity contribution is -0.142. The average molecular weight is 821 g/mol. The molecule has 304 valence electrons. The quantitative estimate of drug-likeness (QED) is 0.121. The summed E-state index contributed by atoms with van der Waals surface area (Å²) in [5.41, 5.74) is -0.863. The van der Waals surface area contributed by atoms with Crippen molar-refractivity contribution in [1.82, 2.24) is 30.6 Å². The van der Waals surface area contributed by atoms with Gasteiger partial charge in [0, 0.05) is 35.3 Å². The summed E-state index contributed by atoms with van der Waals surface area (Å²) in [6, 6.07) is 9.04. The zero-order valence-corrected chi connectivity index (χ0v) is 33.5. The molecule has 3 heterocycles. The first-order valence-electron chi connectivity index (χ1n) is 19.0. The van der Waals surface area contributed by atoms with Crippen molar-refractivity contribution in [3.63, 3.8) is 0 Å². The molecule has 4 N–H and O–H groups in total. The zero-order chi connectivity index (χ0) is 40.9. The number of amides is 5. The van der Waals surface area contributed by atoms with E-state index >= 15 is 0 Å². The number of aromatic nitrogens is 1. The van der Waals surface area contributed by atoms with E-state index in [9.17, 15) is 32.4 Å². The highest BCUT2D eigenvalue weighted by atomic mass is 32.2. The first-order chi connectivity index (χ1) is 27.2. The third-order valence-corrected chi connectivity index (χ3v) is 13.5. The van der Waals surface area contributed by atoms with Gasteiger partial charge in [-0.1, -0.05) is 37.8 Å². The van der Waals surface area contributed by atoms with Gasteiger partial charge >= 0.3 is 6.09 Å². The molecule has 3 fully saturated rings. The largest absolute Gasteiger partial charge is 0.472 e. The Morgan fingerprint density at radius 2 is 1.82 bits per heavy atom. The number of ether oxygens (including phenoxy) is 2. The number of alkyl carbamates (subject to hydrolysis) is 1. The van der Waals surface area contributed by atoms with Crippen molar-refractivity contribution >= 4 is 61.9 Å². The minimum absolute atomic E-state index is 0.0704. The van der Waals surface area contributed by atoms with Crippen LogP contribution in [0.3, 0.4) is 0 Å². The molecule has 3 aliphatic rings. The maximum Gasteiger partial charge on any atom is 0.408 e. The summed E-state index contributed by atoms with van der Waals surface area (Å²) in [6.07, 6.45) is 5.97. The maximum absolute atomic E-state index is 14.5. The lowest BCUT2D eigenvalue weighted by Gasteiger charge is -2.36. The summed E-state index contributed by atoms with van der Waals surface area (Å²) in [6.45, 7) is 9.71. The molecule has 6 rings (SSSR count). The van der Waals surface area contributed by atoms with Gasteiger partial charge in [-0.2, -0.15) is 0 Å². The lowest BCUT2D eigenvalue weighted by atomic mass is 9.85. The van der Waals surface area contributed by atoms with E-state index in [0.29, 0.717) is 31.1 Å². The Kier molecular flexibility index (Phi) is 12.7. The fourth-order valence-corrected chi connectivity index (χ4v) is 9.14. The van der Waals surface area contributed by atoms with Crippen molar-refractivity contribution in [2.75, 3.05) is 13.1 Å². The third-order valence-electron chi connectivity index (χ3n) is 10.8. The van der Waals surface area contributed by atoms with Crippen molar-refractivity contribution in [2.24, 2.45) is 5.92 Å². The van der Waals surface area contributed by atoms with Gasteiger partial charge in [0.05, 0.1) is 11.8 Å². The molecular weight excluding hydrogens is 773 g/mol. The van der Waals surface area contributed by atoms with E-state index in [4.69, 9.17) is 9.47 Å². The van der Waals surface area contributed by atoms with Gasteiger partial charge in [-0.05, 0) is 86.1 Å². The maximum atomic E-state index is 14.5. The lowest BCUT2D eigenvalue weighted by Crippen LogP contribution is -2.64. The van der Waals surface area contributed by atoms with E-state index in [-0.39, 0.29) is 31.5 Å². The molecule has 0 bridgehead atoms. The van der Waals surface area contributed by atoms with Gasteiger partial charge in [0.2, 0.25) is 33.6 Å². The number of carbonyl (C=O) groups excluding carboxylic acids is 5. The topological polar surface area (TPSA) is 202 Å². The molecule has 1 aromatic carbocycles. The van der Waals surface area contributed by atoms with Crippen molar-refractivity contribution in [3.05, 3.63) is 73.3 Å². The number of benzene rings is 1. The van der Waals surface area contributed by atoms with Crippen LogP contribution in [0.15, 0.2) is 73.3 Å².